The van der Waals surface area contributed by atoms with Crippen molar-refractivity contribution < 1.29 is 9.59 Å². The molecule has 0 saturated carbocycles. The average molecular weight is 327 g/mol. The number of amides is 2. The highest BCUT2D eigenvalue weighted by Gasteiger charge is 2.18. The molecule has 1 fully saturated rings. The van der Waals surface area contributed by atoms with Crippen LogP contribution in [0.25, 0.3) is 0 Å². The summed E-state index contributed by atoms with van der Waals surface area (Å²) in [6.45, 7) is 3.62. The molecule has 1 aromatic rings. The second kappa shape index (κ2) is 9.40. The Morgan fingerprint density at radius 1 is 1.18 bits per heavy atom. The van der Waals surface area contributed by atoms with E-state index in [1.54, 1.807) is 11.9 Å². The molecule has 0 atom stereocenters. The molecule has 1 aromatic carbocycles. The lowest BCUT2D eigenvalue weighted by Crippen LogP contribution is -2.49. The largest absolute Gasteiger partial charge is 0.339 e. The van der Waals surface area contributed by atoms with Crippen molar-refractivity contribution in [3.8, 4) is 0 Å². The Hall–Kier alpha value is -1.63. The normalized spacial score (nSPS) is 14.4. The first-order valence-electron chi connectivity index (χ1n) is 7.17. The number of rotatable bonds is 5. The molecule has 6 nitrogen and oxygen atoms in total. The van der Waals surface area contributed by atoms with E-state index in [0.29, 0.717) is 0 Å². The lowest BCUT2D eigenvalue weighted by molar-refractivity contribution is -0.133. The van der Waals surface area contributed by atoms with Crippen LogP contribution in [0.1, 0.15) is 0 Å². The van der Waals surface area contributed by atoms with Gasteiger partial charge in [-0.15, -0.1) is 12.4 Å². The number of piperazine rings is 1. The lowest BCUT2D eigenvalue weighted by atomic mass is 10.3. The molecule has 0 bridgehead atoms. The van der Waals surface area contributed by atoms with Crippen LogP contribution in [0.5, 0.6) is 0 Å². The summed E-state index contributed by atoms with van der Waals surface area (Å²) in [5, 5.41) is 6.02. The molecule has 2 amide bonds. The van der Waals surface area contributed by atoms with Gasteiger partial charge in [-0.2, -0.15) is 0 Å². The van der Waals surface area contributed by atoms with E-state index < -0.39 is 0 Å². The van der Waals surface area contributed by atoms with Gasteiger partial charge in [0, 0.05) is 31.9 Å². The van der Waals surface area contributed by atoms with Crippen molar-refractivity contribution in [3.63, 3.8) is 0 Å². The first-order valence-corrected chi connectivity index (χ1v) is 7.17. The fourth-order valence-electron chi connectivity index (χ4n) is 2.27. The maximum Gasteiger partial charge on any atom is 0.238 e. The number of nitrogens with zero attached hydrogens (tertiary/aromatic N) is 2. The zero-order chi connectivity index (χ0) is 15.1. The van der Waals surface area contributed by atoms with Crippen molar-refractivity contribution in [1.82, 2.24) is 15.1 Å². The summed E-state index contributed by atoms with van der Waals surface area (Å²) in [4.78, 5) is 27.5. The smallest absolute Gasteiger partial charge is 0.238 e. The molecule has 0 spiro atoms. The molecule has 0 unspecified atom stereocenters. The maximum absolute atomic E-state index is 12.1. The van der Waals surface area contributed by atoms with Crippen molar-refractivity contribution >= 4 is 29.9 Å². The molecule has 0 aliphatic carbocycles. The Balaban J connectivity index is 0.00000242. The minimum absolute atomic E-state index is 0. The molecule has 1 saturated heterocycles. The van der Waals surface area contributed by atoms with Gasteiger partial charge in [-0.3, -0.25) is 14.5 Å². The van der Waals surface area contributed by atoms with Crippen LogP contribution in [0, 0.1) is 0 Å². The predicted molar refractivity (Wildman–Crippen MR) is 89.3 cm³/mol. The van der Waals surface area contributed by atoms with E-state index in [4.69, 9.17) is 0 Å². The first-order chi connectivity index (χ1) is 10.1. The van der Waals surface area contributed by atoms with E-state index in [1.807, 2.05) is 35.2 Å². The van der Waals surface area contributed by atoms with Crippen molar-refractivity contribution in [2.45, 2.75) is 0 Å². The van der Waals surface area contributed by atoms with Crippen molar-refractivity contribution in [3.05, 3.63) is 30.3 Å². The maximum atomic E-state index is 12.1. The summed E-state index contributed by atoms with van der Waals surface area (Å²) in [6.07, 6.45) is 0. The summed E-state index contributed by atoms with van der Waals surface area (Å²) in [5.74, 6) is -0.0386. The number of hydrogen-bond donors (Lipinski definition) is 2. The number of likely N-dealkylation sites (N-methyl/N-ethyl adjacent to an activating group) is 1. The van der Waals surface area contributed by atoms with E-state index in [0.717, 1.165) is 31.9 Å². The summed E-state index contributed by atoms with van der Waals surface area (Å²) in [7, 11) is 1.78. The Kier molecular flexibility index (Phi) is 7.87. The molecule has 1 heterocycles. The minimum atomic E-state index is -0.114. The van der Waals surface area contributed by atoms with Crippen molar-refractivity contribution in [2.24, 2.45) is 0 Å². The van der Waals surface area contributed by atoms with Crippen molar-refractivity contribution in [2.75, 3.05) is 51.6 Å². The van der Waals surface area contributed by atoms with Crippen LogP contribution in [-0.2, 0) is 9.59 Å². The topological polar surface area (TPSA) is 64.7 Å². The second-order valence-corrected chi connectivity index (χ2v) is 5.22. The third-order valence-electron chi connectivity index (χ3n) is 3.35. The molecule has 2 N–H and O–H groups in total. The monoisotopic (exact) mass is 326 g/mol. The van der Waals surface area contributed by atoms with Crippen LogP contribution >= 0.6 is 12.4 Å². The number of carbonyl (C=O) groups is 2. The fraction of sp³-hybridized carbons (Fsp3) is 0.467. The molecule has 0 aromatic heterocycles. The SMILES string of the molecule is CN(CC(=O)Nc1ccccc1)CC(=O)N1CCNCC1.Cl. The number of anilines is 1. The van der Waals surface area contributed by atoms with Crippen LogP contribution in [0.15, 0.2) is 30.3 Å². The van der Waals surface area contributed by atoms with Crippen LogP contribution in [0.2, 0.25) is 0 Å². The number of benzene rings is 1. The highest BCUT2D eigenvalue weighted by atomic mass is 35.5. The minimum Gasteiger partial charge on any atom is -0.339 e. The van der Waals surface area contributed by atoms with E-state index in [9.17, 15) is 9.59 Å². The summed E-state index contributed by atoms with van der Waals surface area (Å²) in [5.41, 5.74) is 0.768. The number of carbonyl (C=O) groups excluding carboxylic acids is 2. The van der Waals surface area contributed by atoms with Crippen molar-refractivity contribution in [1.29, 1.82) is 0 Å². The van der Waals surface area contributed by atoms with Gasteiger partial charge in [0.15, 0.2) is 0 Å². The van der Waals surface area contributed by atoms with E-state index >= 15 is 0 Å². The summed E-state index contributed by atoms with van der Waals surface area (Å²) < 4.78 is 0. The highest BCUT2D eigenvalue weighted by molar-refractivity contribution is 5.92. The summed E-state index contributed by atoms with van der Waals surface area (Å²) >= 11 is 0. The van der Waals surface area contributed by atoms with Gasteiger partial charge in [0.1, 0.15) is 0 Å². The van der Waals surface area contributed by atoms with Gasteiger partial charge in [0.25, 0.3) is 0 Å². The van der Waals surface area contributed by atoms with E-state index in [1.165, 1.54) is 0 Å². The zero-order valence-electron chi connectivity index (χ0n) is 12.7. The fourth-order valence-corrected chi connectivity index (χ4v) is 2.27. The van der Waals surface area contributed by atoms with E-state index in [2.05, 4.69) is 10.6 Å². The van der Waals surface area contributed by atoms with Crippen LogP contribution in [0.4, 0.5) is 5.69 Å². The standard InChI is InChI=1S/C15H22N4O2.ClH/c1-18(12-15(21)19-9-7-16-8-10-19)11-14(20)17-13-5-3-2-4-6-13;/h2-6,16H,7-12H2,1H3,(H,17,20);1H. The number of hydrogen-bond acceptors (Lipinski definition) is 4. The number of para-hydroxylation sites is 1. The average Bonchev–Trinajstić information content (AvgIpc) is 2.48. The molecule has 22 heavy (non-hydrogen) atoms. The van der Waals surface area contributed by atoms with Crippen LogP contribution in [-0.4, -0.2) is 67.9 Å². The van der Waals surface area contributed by atoms with E-state index in [-0.39, 0.29) is 37.3 Å². The van der Waals surface area contributed by atoms with Gasteiger partial charge >= 0.3 is 0 Å². The molecular weight excluding hydrogens is 304 g/mol. The number of halogens is 1. The van der Waals surface area contributed by atoms with Gasteiger partial charge in [0.05, 0.1) is 13.1 Å². The molecule has 7 heteroatoms. The highest BCUT2D eigenvalue weighted by Crippen LogP contribution is 2.04. The van der Waals surface area contributed by atoms with Crippen LogP contribution in [0.3, 0.4) is 0 Å². The Bertz CT molecular complexity index is 478. The van der Waals surface area contributed by atoms with Crippen LogP contribution < -0.4 is 10.6 Å². The van der Waals surface area contributed by atoms with Gasteiger partial charge in [-0.25, -0.2) is 0 Å². The summed E-state index contributed by atoms with van der Waals surface area (Å²) in [6, 6.07) is 9.31. The van der Waals surface area contributed by atoms with Gasteiger partial charge in [-0.05, 0) is 19.2 Å². The first kappa shape index (κ1) is 18.4. The van der Waals surface area contributed by atoms with Gasteiger partial charge < -0.3 is 15.5 Å². The Labute approximate surface area is 137 Å². The Morgan fingerprint density at radius 2 is 1.82 bits per heavy atom. The number of nitrogens with one attached hydrogen (secondary N) is 2. The Morgan fingerprint density at radius 3 is 2.45 bits per heavy atom. The third kappa shape index (κ3) is 6.01. The molecule has 1 aliphatic heterocycles. The predicted octanol–water partition coefficient (Wildman–Crippen LogP) is 0.410. The molecule has 1 aliphatic rings. The lowest BCUT2D eigenvalue weighted by Gasteiger charge is -2.29. The van der Waals surface area contributed by atoms with Gasteiger partial charge in [0.2, 0.25) is 11.8 Å². The van der Waals surface area contributed by atoms with Gasteiger partial charge in [-0.1, -0.05) is 18.2 Å². The quantitative estimate of drug-likeness (QED) is 0.822. The zero-order valence-corrected chi connectivity index (χ0v) is 13.6. The third-order valence-corrected chi connectivity index (χ3v) is 3.35. The molecule has 122 valence electrons. The second-order valence-electron chi connectivity index (χ2n) is 5.22. The molecule has 0 radical (unpaired) electrons. The molecular formula is C15H23ClN4O2. The molecule has 2 rings (SSSR count).